The molecule has 0 saturated carbocycles. The summed E-state index contributed by atoms with van der Waals surface area (Å²) in [4.78, 5) is 27.6. The molecule has 29 heavy (non-hydrogen) atoms. The molecule has 0 aliphatic carbocycles. The monoisotopic (exact) mass is 383 g/mol. The maximum atomic E-state index is 13.4. The van der Waals surface area contributed by atoms with Gasteiger partial charge < -0.3 is 4.74 Å². The smallest absolute Gasteiger partial charge is 0.340 e. The van der Waals surface area contributed by atoms with Gasteiger partial charge in [0.2, 0.25) is 0 Å². The van der Waals surface area contributed by atoms with Crippen LogP contribution < -0.4 is 4.90 Å². The van der Waals surface area contributed by atoms with E-state index >= 15 is 0 Å². The normalized spacial score (nSPS) is 15.5. The average molecular weight is 383 g/mol. The lowest BCUT2D eigenvalue weighted by atomic mass is 9.99. The number of fused-ring (bicyclic) bond motifs is 1. The summed E-state index contributed by atoms with van der Waals surface area (Å²) in [6, 6.07) is 21.5. The molecule has 0 spiro atoms. The van der Waals surface area contributed by atoms with E-state index in [2.05, 4.69) is 0 Å². The molecule has 0 fully saturated rings. The zero-order valence-electron chi connectivity index (χ0n) is 16.6. The van der Waals surface area contributed by atoms with E-state index < -0.39 is 5.97 Å². The van der Waals surface area contributed by atoms with Crippen molar-refractivity contribution in [2.75, 3.05) is 12.0 Å². The number of nitrogens with zero attached hydrogens (tertiary/aromatic N) is 1. The quantitative estimate of drug-likeness (QED) is 0.471. The Morgan fingerprint density at radius 2 is 1.69 bits per heavy atom. The lowest BCUT2D eigenvalue weighted by Gasteiger charge is -2.18. The number of carbonyl (C=O) groups is 2. The molecule has 4 rings (SSSR count). The van der Waals surface area contributed by atoms with Crippen LogP contribution in [0.15, 0.2) is 83.6 Å². The highest BCUT2D eigenvalue weighted by Crippen LogP contribution is 2.36. The molecule has 4 nitrogen and oxygen atoms in total. The third-order valence-corrected chi connectivity index (χ3v) is 5.17. The maximum absolute atomic E-state index is 13.4. The summed E-state index contributed by atoms with van der Waals surface area (Å²) in [5.74, 6) is -0.751. The van der Waals surface area contributed by atoms with Gasteiger partial charge in [0.25, 0.3) is 5.91 Å². The van der Waals surface area contributed by atoms with E-state index in [4.69, 9.17) is 4.74 Å². The van der Waals surface area contributed by atoms with Gasteiger partial charge in [-0.2, -0.15) is 0 Å². The summed E-state index contributed by atoms with van der Waals surface area (Å²) < 4.78 is 5.00. The van der Waals surface area contributed by atoms with Gasteiger partial charge in [-0.1, -0.05) is 54.6 Å². The maximum Gasteiger partial charge on any atom is 0.340 e. The molecule has 3 aromatic carbocycles. The zero-order valence-corrected chi connectivity index (χ0v) is 16.6. The highest BCUT2D eigenvalue weighted by atomic mass is 16.5. The number of allylic oxidation sites excluding steroid dienone is 1. The van der Waals surface area contributed by atoms with Crippen LogP contribution in [0.2, 0.25) is 0 Å². The number of anilines is 1. The Balaban J connectivity index is 1.91. The molecule has 0 N–H and O–H groups in total. The fourth-order valence-electron chi connectivity index (χ4n) is 3.79. The number of ether oxygens (including phenoxy) is 1. The summed E-state index contributed by atoms with van der Waals surface area (Å²) >= 11 is 0. The number of benzene rings is 3. The van der Waals surface area contributed by atoms with E-state index in [1.807, 2.05) is 73.7 Å². The van der Waals surface area contributed by atoms with Crippen LogP contribution in [0.1, 0.15) is 18.1 Å². The van der Waals surface area contributed by atoms with Crippen molar-refractivity contribution in [2.45, 2.75) is 13.8 Å². The van der Waals surface area contributed by atoms with Gasteiger partial charge in [0.05, 0.1) is 18.3 Å². The second-order valence-corrected chi connectivity index (χ2v) is 7.06. The molecular weight excluding hydrogens is 362 g/mol. The van der Waals surface area contributed by atoms with Gasteiger partial charge in [-0.25, -0.2) is 4.79 Å². The molecule has 1 heterocycles. The molecule has 0 bridgehead atoms. The number of carbonyl (C=O) groups excluding carboxylic acids is 2. The zero-order chi connectivity index (χ0) is 20.5. The van der Waals surface area contributed by atoms with Crippen LogP contribution in [-0.2, 0) is 14.3 Å². The molecule has 0 radical (unpaired) electrons. The van der Waals surface area contributed by atoms with Gasteiger partial charge in [-0.05, 0) is 54.0 Å². The summed E-state index contributed by atoms with van der Waals surface area (Å²) in [5, 5.41) is 2.09. The number of amides is 1. The van der Waals surface area contributed by atoms with Gasteiger partial charge in [0.1, 0.15) is 0 Å². The number of rotatable bonds is 3. The summed E-state index contributed by atoms with van der Waals surface area (Å²) in [6.07, 6.45) is 1.79. The fourth-order valence-corrected chi connectivity index (χ4v) is 3.79. The summed E-state index contributed by atoms with van der Waals surface area (Å²) in [6.45, 7) is 3.74. The van der Waals surface area contributed by atoms with Crippen LogP contribution in [0.5, 0.6) is 0 Å². The Bertz CT molecular complexity index is 1200. The molecule has 144 valence electrons. The summed E-state index contributed by atoms with van der Waals surface area (Å²) in [5.41, 5.74) is 3.86. The van der Waals surface area contributed by atoms with Gasteiger partial charge in [-0.15, -0.1) is 0 Å². The predicted molar refractivity (Wildman–Crippen MR) is 115 cm³/mol. The first-order valence-corrected chi connectivity index (χ1v) is 9.41. The van der Waals surface area contributed by atoms with Crippen LogP contribution in [0.4, 0.5) is 5.69 Å². The minimum Gasteiger partial charge on any atom is -0.465 e. The van der Waals surface area contributed by atoms with E-state index in [9.17, 15) is 9.59 Å². The largest absolute Gasteiger partial charge is 0.465 e. The molecule has 0 atom stereocenters. The number of hydrogen-bond acceptors (Lipinski definition) is 3. The van der Waals surface area contributed by atoms with Gasteiger partial charge >= 0.3 is 5.97 Å². The molecule has 0 saturated heterocycles. The lowest BCUT2D eigenvalue weighted by Crippen LogP contribution is -2.24. The molecule has 4 heteroatoms. The Hall–Kier alpha value is -3.66. The van der Waals surface area contributed by atoms with Gasteiger partial charge in [0, 0.05) is 11.4 Å². The molecule has 1 aliphatic rings. The second-order valence-electron chi connectivity index (χ2n) is 7.06. The van der Waals surface area contributed by atoms with Crippen LogP contribution in [0.25, 0.3) is 16.8 Å². The number of methoxy groups -OCH3 is 1. The molecule has 1 aliphatic heterocycles. The number of aryl methyl sites for hydroxylation is 1. The average Bonchev–Trinajstić information content (AvgIpc) is 2.97. The number of hydrogen-bond donors (Lipinski definition) is 0. The van der Waals surface area contributed by atoms with Crippen molar-refractivity contribution in [1.82, 2.24) is 0 Å². The van der Waals surface area contributed by atoms with E-state index in [1.54, 1.807) is 17.9 Å². The van der Waals surface area contributed by atoms with E-state index in [1.165, 1.54) is 7.11 Å². The molecule has 3 aromatic rings. The van der Waals surface area contributed by atoms with Crippen LogP contribution in [-0.4, -0.2) is 19.0 Å². The summed E-state index contributed by atoms with van der Waals surface area (Å²) in [7, 11) is 1.33. The predicted octanol–water partition coefficient (Wildman–Crippen LogP) is 5.03. The van der Waals surface area contributed by atoms with Gasteiger partial charge in [-0.3, -0.25) is 9.69 Å². The third kappa shape index (κ3) is 3.23. The second kappa shape index (κ2) is 7.40. The van der Waals surface area contributed by atoms with Crippen molar-refractivity contribution in [3.05, 3.63) is 94.7 Å². The van der Waals surface area contributed by atoms with E-state index in [-0.39, 0.29) is 5.91 Å². The third-order valence-electron chi connectivity index (χ3n) is 5.17. The van der Waals surface area contributed by atoms with Crippen molar-refractivity contribution in [1.29, 1.82) is 0 Å². The van der Waals surface area contributed by atoms with Crippen molar-refractivity contribution < 1.29 is 14.3 Å². The Kier molecular flexibility index (Phi) is 4.77. The van der Waals surface area contributed by atoms with Crippen molar-refractivity contribution >= 4 is 34.4 Å². The molecule has 1 amide bonds. The Morgan fingerprint density at radius 1 is 0.966 bits per heavy atom. The van der Waals surface area contributed by atoms with Gasteiger partial charge in [0.15, 0.2) is 0 Å². The lowest BCUT2D eigenvalue weighted by molar-refractivity contribution is -0.136. The SMILES string of the molecule is COC(=O)C1=C(C)N(c2cccc(C)c2)C(=O)/C1=C\c1cccc2ccccc12. The first-order chi connectivity index (χ1) is 14.0. The minimum atomic E-state index is -0.516. The van der Waals surface area contributed by atoms with Crippen LogP contribution in [0.3, 0.4) is 0 Å². The first kappa shape index (κ1) is 18.7. The number of esters is 1. The van der Waals surface area contributed by atoms with Crippen molar-refractivity contribution in [2.24, 2.45) is 0 Å². The van der Waals surface area contributed by atoms with Crippen LogP contribution >= 0.6 is 0 Å². The van der Waals surface area contributed by atoms with Crippen molar-refractivity contribution in [3.8, 4) is 0 Å². The first-order valence-electron chi connectivity index (χ1n) is 9.41. The van der Waals surface area contributed by atoms with E-state index in [0.717, 1.165) is 27.6 Å². The Morgan fingerprint density at radius 3 is 2.45 bits per heavy atom. The van der Waals surface area contributed by atoms with E-state index in [0.29, 0.717) is 16.8 Å². The molecule has 0 unspecified atom stereocenters. The molecule has 0 aromatic heterocycles. The minimum absolute atomic E-state index is 0.235. The highest BCUT2D eigenvalue weighted by molar-refractivity contribution is 6.24. The van der Waals surface area contributed by atoms with Crippen LogP contribution in [0, 0.1) is 6.92 Å². The topological polar surface area (TPSA) is 46.6 Å². The fraction of sp³-hybridized carbons (Fsp3) is 0.120. The molecular formula is C25H21NO3. The standard InChI is InChI=1S/C25H21NO3/c1-16-8-6-12-20(14-16)26-17(2)23(25(28)29-3)22(24(26)27)15-19-11-7-10-18-9-4-5-13-21(18)19/h4-15H,1-3H3/b22-15-. The van der Waals surface area contributed by atoms with Crippen molar-refractivity contribution in [3.63, 3.8) is 0 Å². The highest BCUT2D eigenvalue weighted by Gasteiger charge is 2.37. The Labute approximate surface area is 169 Å².